The van der Waals surface area contributed by atoms with Crippen molar-refractivity contribution in [1.82, 2.24) is 0 Å². The molecule has 2 N–H and O–H groups in total. The maximum absolute atomic E-state index is 5.77. The summed E-state index contributed by atoms with van der Waals surface area (Å²) in [4.78, 5) is 0. The zero-order valence-corrected chi connectivity index (χ0v) is 8.62. The van der Waals surface area contributed by atoms with Gasteiger partial charge in [0.25, 0.3) is 0 Å². The number of nitrogen functional groups attached to an aromatic ring is 1. The number of anilines is 1. The molecule has 0 aliphatic heterocycles. The fraction of sp³-hybridized carbons (Fsp3) is 0.333. The Morgan fingerprint density at radius 1 is 1.18 bits per heavy atom. The van der Waals surface area contributed by atoms with Crippen LogP contribution in [0.25, 0.3) is 0 Å². The summed E-state index contributed by atoms with van der Waals surface area (Å²) in [5, 5.41) is 0. The molecule has 0 aromatic heterocycles. The first-order valence-electron chi connectivity index (χ1n) is 3.56. The van der Waals surface area contributed by atoms with Crippen LogP contribution in [0.5, 0.6) is 0 Å². The Hall–Kier alpha value is -0.500. The summed E-state index contributed by atoms with van der Waals surface area (Å²) in [6, 6.07) is 1.99. The molecule has 0 aliphatic carbocycles. The molecule has 0 bridgehead atoms. The van der Waals surface area contributed by atoms with Gasteiger partial charge >= 0.3 is 0 Å². The molecule has 0 saturated carbocycles. The van der Waals surface area contributed by atoms with E-state index in [0.29, 0.717) is 0 Å². The van der Waals surface area contributed by atoms with E-state index in [4.69, 9.17) is 5.73 Å². The molecule has 1 nitrogen and oxygen atoms in total. The molecule has 0 saturated heterocycles. The normalized spacial score (nSPS) is 10.2. The molecule has 2 heteroatoms. The van der Waals surface area contributed by atoms with Crippen LogP contribution >= 0.6 is 15.9 Å². The van der Waals surface area contributed by atoms with Gasteiger partial charge in [0, 0.05) is 10.2 Å². The number of hydrogen-bond acceptors (Lipinski definition) is 1. The molecule has 0 spiro atoms. The highest BCUT2D eigenvalue weighted by Gasteiger charge is 2.04. The lowest BCUT2D eigenvalue weighted by Gasteiger charge is -2.08. The van der Waals surface area contributed by atoms with Gasteiger partial charge in [-0.05, 0) is 43.5 Å². The van der Waals surface area contributed by atoms with Gasteiger partial charge in [0.15, 0.2) is 0 Å². The van der Waals surface area contributed by atoms with Gasteiger partial charge in [-0.2, -0.15) is 0 Å². The van der Waals surface area contributed by atoms with Crippen LogP contribution < -0.4 is 5.73 Å². The third kappa shape index (κ3) is 1.41. The van der Waals surface area contributed by atoms with Gasteiger partial charge in [0.1, 0.15) is 0 Å². The molecule has 0 unspecified atom stereocenters. The number of benzene rings is 1. The lowest BCUT2D eigenvalue weighted by atomic mass is 10.1. The van der Waals surface area contributed by atoms with E-state index in [-0.39, 0.29) is 0 Å². The van der Waals surface area contributed by atoms with Crippen LogP contribution in [0.4, 0.5) is 5.69 Å². The van der Waals surface area contributed by atoms with Crippen molar-refractivity contribution in [3.05, 3.63) is 27.2 Å². The predicted molar refractivity (Wildman–Crippen MR) is 52.8 cm³/mol. The first-order valence-corrected chi connectivity index (χ1v) is 4.35. The van der Waals surface area contributed by atoms with Crippen molar-refractivity contribution in [3.8, 4) is 0 Å². The summed E-state index contributed by atoms with van der Waals surface area (Å²) in [7, 11) is 0. The zero-order valence-electron chi connectivity index (χ0n) is 7.03. The SMILES string of the molecule is Cc1cc(N)c(C)c(C)c1Br. The summed E-state index contributed by atoms with van der Waals surface area (Å²) >= 11 is 3.51. The van der Waals surface area contributed by atoms with Gasteiger partial charge in [0.2, 0.25) is 0 Å². The van der Waals surface area contributed by atoms with Crippen molar-refractivity contribution >= 4 is 21.6 Å². The summed E-state index contributed by atoms with van der Waals surface area (Å²) < 4.78 is 1.17. The van der Waals surface area contributed by atoms with Crippen molar-refractivity contribution < 1.29 is 0 Å². The van der Waals surface area contributed by atoms with Crippen molar-refractivity contribution in [1.29, 1.82) is 0 Å². The topological polar surface area (TPSA) is 26.0 Å². The quantitative estimate of drug-likeness (QED) is 0.660. The van der Waals surface area contributed by atoms with Crippen LogP contribution in [0.2, 0.25) is 0 Å². The first kappa shape index (κ1) is 8.60. The second kappa shape index (κ2) is 2.86. The fourth-order valence-electron chi connectivity index (χ4n) is 1.08. The zero-order chi connectivity index (χ0) is 8.59. The minimum absolute atomic E-state index is 0.878. The number of aryl methyl sites for hydroxylation is 1. The lowest BCUT2D eigenvalue weighted by Crippen LogP contribution is -1.94. The maximum Gasteiger partial charge on any atom is 0.0349 e. The van der Waals surface area contributed by atoms with Crippen LogP contribution in [0.1, 0.15) is 16.7 Å². The summed E-state index contributed by atoms with van der Waals surface area (Å²) in [5.74, 6) is 0. The Morgan fingerprint density at radius 2 is 1.73 bits per heavy atom. The first-order chi connectivity index (χ1) is 5.04. The van der Waals surface area contributed by atoms with E-state index in [1.54, 1.807) is 0 Å². The lowest BCUT2D eigenvalue weighted by molar-refractivity contribution is 1.27. The highest BCUT2D eigenvalue weighted by molar-refractivity contribution is 9.10. The van der Waals surface area contributed by atoms with Gasteiger partial charge in [-0.15, -0.1) is 0 Å². The molecule has 0 heterocycles. The molecule has 0 amide bonds. The Kier molecular flexibility index (Phi) is 2.23. The molecule has 0 aliphatic rings. The summed E-state index contributed by atoms with van der Waals surface area (Å²) in [5.41, 5.74) is 10.3. The van der Waals surface area contributed by atoms with Gasteiger partial charge in [-0.1, -0.05) is 15.9 Å². The monoisotopic (exact) mass is 213 g/mol. The van der Waals surface area contributed by atoms with Crippen molar-refractivity contribution in [2.24, 2.45) is 0 Å². The van der Waals surface area contributed by atoms with Crippen molar-refractivity contribution in [2.45, 2.75) is 20.8 Å². The van der Waals surface area contributed by atoms with E-state index in [0.717, 1.165) is 5.69 Å². The van der Waals surface area contributed by atoms with Crippen molar-refractivity contribution in [2.75, 3.05) is 5.73 Å². The highest BCUT2D eigenvalue weighted by atomic mass is 79.9. The minimum Gasteiger partial charge on any atom is -0.398 e. The van der Waals surface area contributed by atoms with E-state index < -0.39 is 0 Å². The highest BCUT2D eigenvalue weighted by Crippen LogP contribution is 2.27. The Balaban J connectivity index is 3.46. The van der Waals surface area contributed by atoms with Gasteiger partial charge < -0.3 is 5.73 Å². The molecule has 11 heavy (non-hydrogen) atoms. The smallest absolute Gasteiger partial charge is 0.0349 e. The van der Waals surface area contributed by atoms with Gasteiger partial charge in [-0.25, -0.2) is 0 Å². The molecule has 0 radical (unpaired) electrons. The van der Waals surface area contributed by atoms with Crippen LogP contribution in [-0.2, 0) is 0 Å². The largest absolute Gasteiger partial charge is 0.398 e. The molecule has 0 atom stereocenters. The van der Waals surface area contributed by atoms with Gasteiger partial charge in [0.05, 0.1) is 0 Å². The second-order valence-electron chi connectivity index (χ2n) is 2.85. The average molecular weight is 214 g/mol. The summed E-state index contributed by atoms with van der Waals surface area (Å²) in [6.07, 6.45) is 0. The Bertz CT molecular complexity index is 266. The molecule has 0 fully saturated rings. The van der Waals surface area contributed by atoms with E-state index in [1.807, 2.05) is 19.9 Å². The van der Waals surface area contributed by atoms with E-state index in [2.05, 4.69) is 22.9 Å². The molecular formula is C9H12BrN. The number of rotatable bonds is 0. The second-order valence-corrected chi connectivity index (χ2v) is 3.64. The van der Waals surface area contributed by atoms with Crippen molar-refractivity contribution in [3.63, 3.8) is 0 Å². The average Bonchev–Trinajstić information content (AvgIpc) is 1.97. The summed E-state index contributed by atoms with van der Waals surface area (Å²) in [6.45, 7) is 6.16. The molecule has 60 valence electrons. The number of nitrogens with two attached hydrogens (primary N) is 1. The van der Waals surface area contributed by atoms with Crippen LogP contribution in [0, 0.1) is 20.8 Å². The Morgan fingerprint density at radius 3 is 2.27 bits per heavy atom. The van der Waals surface area contributed by atoms with Crippen LogP contribution in [0.15, 0.2) is 10.5 Å². The molecule has 1 aromatic carbocycles. The third-order valence-corrected chi connectivity index (χ3v) is 3.26. The fourth-order valence-corrected chi connectivity index (χ4v) is 1.49. The predicted octanol–water partition coefficient (Wildman–Crippen LogP) is 2.96. The van der Waals surface area contributed by atoms with Crippen LogP contribution in [-0.4, -0.2) is 0 Å². The molecule has 1 rings (SSSR count). The number of hydrogen-bond donors (Lipinski definition) is 1. The van der Waals surface area contributed by atoms with E-state index in [9.17, 15) is 0 Å². The minimum atomic E-state index is 0.878. The standard InChI is InChI=1S/C9H12BrN/c1-5-4-8(11)6(2)7(3)9(5)10/h4H,11H2,1-3H3. The maximum atomic E-state index is 5.77. The number of halogens is 1. The van der Waals surface area contributed by atoms with E-state index >= 15 is 0 Å². The van der Waals surface area contributed by atoms with Crippen LogP contribution in [0.3, 0.4) is 0 Å². The van der Waals surface area contributed by atoms with Gasteiger partial charge in [-0.3, -0.25) is 0 Å². The third-order valence-electron chi connectivity index (χ3n) is 2.04. The Labute approximate surface area is 75.7 Å². The van der Waals surface area contributed by atoms with E-state index in [1.165, 1.54) is 21.2 Å². The molecule has 1 aromatic rings. The molecular weight excluding hydrogens is 202 g/mol.